The van der Waals surface area contributed by atoms with Gasteiger partial charge in [0.2, 0.25) is 0 Å². The van der Waals surface area contributed by atoms with E-state index in [1.54, 1.807) is 7.11 Å². The van der Waals surface area contributed by atoms with Crippen molar-refractivity contribution in [2.75, 3.05) is 33.4 Å². The minimum Gasteiger partial charge on any atom is -0.383 e. The molecule has 0 bridgehead atoms. The molecule has 0 saturated heterocycles. The van der Waals surface area contributed by atoms with Gasteiger partial charge in [-0.2, -0.15) is 0 Å². The van der Waals surface area contributed by atoms with E-state index in [9.17, 15) is 0 Å². The highest BCUT2D eigenvalue weighted by Crippen LogP contribution is 2.40. The lowest BCUT2D eigenvalue weighted by molar-refractivity contribution is 0.0324. The molecule has 1 rings (SSSR count). The lowest BCUT2D eigenvalue weighted by Crippen LogP contribution is -2.50. The van der Waals surface area contributed by atoms with Gasteiger partial charge in [-0.25, -0.2) is 0 Å². The molecule has 1 saturated carbocycles. The Balaban J connectivity index is 2.44. The average molecular weight is 214 g/mol. The summed E-state index contributed by atoms with van der Waals surface area (Å²) in [6.07, 6.45) is 3.97. The number of hydrogen-bond acceptors (Lipinski definition) is 3. The van der Waals surface area contributed by atoms with Crippen LogP contribution in [0.2, 0.25) is 0 Å². The minimum atomic E-state index is 0.415. The van der Waals surface area contributed by atoms with E-state index in [0.717, 1.165) is 26.2 Å². The number of nitrogens with zero attached hydrogens (tertiary/aromatic N) is 1. The van der Waals surface area contributed by atoms with E-state index in [4.69, 9.17) is 10.5 Å². The molecular formula is C12H26N2O. The molecule has 3 heteroatoms. The van der Waals surface area contributed by atoms with Gasteiger partial charge in [0.25, 0.3) is 0 Å². The lowest BCUT2D eigenvalue weighted by atomic mass is 9.68. The van der Waals surface area contributed by atoms with Crippen LogP contribution in [0, 0.1) is 5.41 Å². The smallest absolute Gasteiger partial charge is 0.0615 e. The highest BCUT2D eigenvalue weighted by molar-refractivity contribution is 4.91. The number of nitrogens with two attached hydrogens (primary N) is 1. The molecule has 0 aliphatic heterocycles. The van der Waals surface area contributed by atoms with Crippen molar-refractivity contribution in [2.45, 2.75) is 39.2 Å². The molecule has 1 fully saturated rings. The fourth-order valence-corrected chi connectivity index (χ4v) is 2.46. The summed E-state index contributed by atoms with van der Waals surface area (Å²) >= 11 is 0. The van der Waals surface area contributed by atoms with E-state index in [-0.39, 0.29) is 0 Å². The summed E-state index contributed by atoms with van der Waals surface area (Å²) < 4.78 is 5.21. The largest absolute Gasteiger partial charge is 0.383 e. The van der Waals surface area contributed by atoms with E-state index in [1.165, 1.54) is 19.3 Å². The maximum Gasteiger partial charge on any atom is 0.0615 e. The molecule has 15 heavy (non-hydrogen) atoms. The van der Waals surface area contributed by atoms with Crippen LogP contribution in [0.4, 0.5) is 0 Å². The SMILES string of the molecule is CCN(CC1(CN)CCC1)C(C)COC. The maximum atomic E-state index is 5.89. The van der Waals surface area contributed by atoms with Crippen molar-refractivity contribution >= 4 is 0 Å². The highest BCUT2D eigenvalue weighted by Gasteiger charge is 2.37. The van der Waals surface area contributed by atoms with Gasteiger partial charge in [-0.3, -0.25) is 4.90 Å². The first-order valence-corrected chi connectivity index (χ1v) is 6.10. The molecule has 0 radical (unpaired) electrons. The van der Waals surface area contributed by atoms with Crippen LogP contribution in [0.15, 0.2) is 0 Å². The van der Waals surface area contributed by atoms with Gasteiger partial charge < -0.3 is 10.5 Å². The fraction of sp³-hybridized carbons (Fsp3) is 1.00. The first-order chi connectivity index (χ1) is 7.17. The second-order valence-electron chi connectivity index (χ2n) is 4.93. The Labute approximate surface area is 94.0 Å². The normalized spacial score (nSPS) is 21.4. The van der Waals surface area contributed by atoms with Crippen molar-refractivity contribution in [2.24, 2.45) is 11.1 Å². The van der Waals surface area contributed by atoms with E-state index >= 15 is 0 Å². The van der Waals surface area contributed by atoms with Gasteiger partial charge >= 0.3 is 0 Å². The van der Waals surface area contributed by atoms with Crippen LogP contribution in [0.25, 0.3) is 0 Å². The zero-order valence-electron chi connectivity index (χ0n) is 10.5. The monoisotopic (exact) mass is 214 g/mol. The van der Waals surface area contributed by atoms with E-state index in [2.05, 4.69) is 18.7 Å². The number of ether oxygens (including phenoxy) is 1. The molecule has 0 aromatic heterocycles. The number of rotatable bonds is 7. The predicted octanol–water partition coefficient (Wildman–Crippen LogP) is 1.47. The Bertz CT molecular complexity index is 175. The Morgan fingerprint density at radius 2 is 2.13 bits per heavy atom. The van der Waals surface area contributed by atoms with Crippen LogP contribution in [0.5, 0.6) is 0 Å². The van der Waals surface area contributed by atoms with Crippen molar-refractivity contribution < 1.29 is 4.74 Å². The van der Waals surface area contributed by atoms with Crippen LogP contribution in [-0.2, 0) is 4.74 Å². The van der Waals surface area contributed by atoms with Crippen LogP contribution in [0.1, 0.15) is 33.1 Å². The fourth-order valence-electron chi connectivity index (χ4n) is 2.46. The van der Waals surface area contributed by atoms with Gasteiger partial charge in [0, 0.05) is 19.7 Å². The first kappa shape index (κ1) is 12.9. The van der Waals surface area contributed by atoms with Gasteiger partial charge in [0.05, 0.1) is 6.61 Å². The Kier molecular flexibility index (Phi) is 5.03. The zero-order chi connectivity index (χ0) is 11.3. The molecule has 2 N–H and O–H groups in total. The second kappa shape index (κ2) is 5.83. The molecular weight excluding hydrogens is 188 g/mol. The zero-order valence-corrected chi connectivity index (χ0v) is 10.5. The van der Waals surface area contributed by atoms with Crippen molar-refractivity contribution in [1.29, 1.82) is 0 Å². The molecule has 0 amide bonds. The van der Waals surface area contributed by atoms with Gasteiger partial charge in [-0.1, -0.05) is 13.3 Å². The van der Waals surface area contributed by atoms with Crippen LogP contribution in [0.3, 0.4) is 0 Å². The van der Waals surface area contributed by atoms with Crippen molar-refractivity contribution in [3.63, 3.8) is 0 Å². The topological polar surface area (TPSA) is 38.5 Å². The van der Waals surface area contributed by atoms with E-state index < -0.39 is 0 Å². The molecule has 0 spiro atoms. The number of methoxy groups -OCH3 is 1. The number of likely N-dealkylation sites (N-methyl/N-ethyl adjacent to an activating group) is 1. The molecule has 90 valence electrons. The molecule has 1 atom stereocenters. The highest BCUT2D eigenvalue weighted by atomic mass is 16.5. The third kappa shape index (κ3) is 3.16. The lowest BCUT2D eigenvalue weighted by Gasteiger charge is -2.45. The summed E-state index contributed by atoms with van der Waals surface area (Å²) in [6.45, 7) is 8.33. The third-order valence-corrected chi connectivity index (χ3v) is 3.82. The van der Waals surface area contributed by atoms with Crippen LogP contribution in [-0.4, -0.2) is 44.3 Å². The van der Waals surface area contributed by atoms with Gasteiger partial charge in [0.15, 0.2) is 0 Å². The summed E-state index contributed by atoms with van der Waals surface area (Å²) in [5.41, 5.74) is 6.30. The molecule has 1 unspecified atom stereocenters. The minimum absolute atomic E-state index is 0.415. The Morgan fingerprint density at radius 3 is 2.47 bits per heavy atom. The summed E-state index contributed by atoms with van der Waals surface area (Å²) in [6, 6.07) is 0.504. The molecule has 3 nitrogen and oxygen atoms in total. The molecule has 0 aromatic carbocycles. The van der Waals surface area contributed by atoms with Crippen LogP contribution >= 0.6 is 0 Å². The first-order valence-electron chi connectivity index (χ1n) is 6.10. The maximum absolute atomic E-state index is 5.89. The summed E-state index contributed by atoms with van der Waals surface area (Å²) in [5.74, 6) is 0. The Hall–Kier alpha value is -0.120. The van der Waals surface area contributed by atoms with E-state index in [1.807, 2.05) is 0 Å². The molecule has 0 aromatic rings. The molecule has 1 aliphatic carbocycles. The second-order valence-corrected chi connectivity index (χ2v) is 4.93. The molecule has 1 aliphatic rings. The van der Waals surface area contributed by atoms with Crippen LogP contribution < -0.4 is 5.73 Å². The predicted molar refractivity (Wildman–Crippen MR) is 63.9 cm³/mol. The summed E-state index contributed by atoms with van der Waals surface area (Å²) in [5, 5.41) is 0. The Morgan fingerprint density at radius 1 is 1.47 bits per heavy atom. The molecule has 0 heterocycles. The average Bonchev–Trinajstić information content (AvgIpc) is 2.18. The summed E-state index contributed by atoms with van der Waals surface area (Å²) in [7, 11) is 1.77. The van der Waals surface area contributed by atoms with Crippen molar-refractivity contribution in [1.82, 2.24) is 4.90 Å². The van der Waals surface area contributed by atoms with Gasteiger partial charge in [-0.15, -0.1) is 0 Å². The summed E-state index contributed by atoms with van der Waals surface area (Å²) in [4.78, 5) is 2.50. The van der Waals surface area contributed by atoms with Gasteiger partial charge in [0.1, 0.15) is 0 Å². The standard InChI is InChI=1S/C12H26N2O/c1-4-14(11(2)8-15-3)10-12(9-13)6-5-7-12/h11H,4-10,13H2,1-3H3. The third-order valence-electron chi connectivity index (χ3n) is 3.82. The number of hydrogen-bond donors (Lipinski definition) is 1. The van der Waals surface area contributed by atoms with Crippen molar-refractivity contribution in [3.8, 4) is 0 Å². The quantitative estimate of drug-likeness (QED) is 0.697. The van der Waals surface area contributed by atoms with Crippen molar-refractivity contribution in [3.05, 3.63) is 0 Å². The van der Waals surface area contributed by atoms with Gasteiger partial charge in [-0.05, 0) is 38.3 Å². The van der Waals surface area contributed by atoms with E-state index in [0.29, 0.717) is 11.5 Å².